The fourth-order valence-corrected chi connectivity index (χ4v) is 3.30. The normalized spacial score (nSPS) is 30.2. The molecule has 2 aliphatic carbocycles. The standard InChI is InChI=1S/C14H26N2O/c17-11-14(12-4-5-12,15-13-6-7-13)10-16-8-2-1-3-9-16/h12-13,15,17H,1-11H2. The molecule has 3 nitrogen and oxygen atoms in total. The molecule has 17 heavy (non-hydrogen) atoms. The molecule has 1 aliphatic heterocycles. The van der Waals surface area contributed by atoms with E-state index in [9.17, 15) is 5.11 Å². The molecule has 1 atom stereocenters. The van der Waals surface area contributed by atoms with Crippen molar-refractivity contribution in [2.24, 2.45) is 5.92 Å². The molecule has 0 aromatic carbocycles. The summed E-state index contributed by atoms with van der Waals surface area (Å²) in [5, 5.41) is 13.7. The Labute approximate surface area is 105 Å². The van der Waals surface area contributed by atoms with Crippen molar-refractivity contribution in [3.8, 4) is 0 Å². The smallest absolute Gasteiger partial charge is 0.0628 e. The Morgan fingerprint density at radius 3 is 2.29 bits per heavy atom. The maximum absolute atomic E-state index is 9.91. The topological polar surface area (TPSA) is 35.5 Å². The van der Waals surface area contributed by atoms with E-state index in [0.717, 1.165) is 12.5 Å². The van der Waals surface area contributed by atoms with Gasteiger partial charge in [-0.1, -0.05) is 6.42 Å². The van der Waals surface area contributed by atoms with Gasteiger partial charge in [0.2, 0.25) is 0 Å². The van der Waals surface area contributed by atoms with E-state index in [0.29, 0.717) is 12.6 Å². The molecule has 0 amide bonds. The van der Waals surface area contributed by atoms with Gasteiger partial charge in [0.25, 0.3) is 0 Å². The van der Waals surface area contributed by atoms with Crippen LogP contribution in [0.25, 0.3) is 0 Å². The van der Waals surface area contributed by atoms with Gasteiger partial charge in [0, 0.05) is 12.6 Å². The van der Waals surface area contributed by atoms with Gasteiger partial charge in [-0.15, -0.1) is 0 Å². The number of likely N-dealkylation sites (tertiary alicyclic amines) is 1. The minimum absolute atomic E-state index is 0.0263. The molecule has 2 saturated carbocycles. The van der Waals surface area contributed by atoms with Crippen LogP contribution in [0.3, 0.4) is 0 Å². The highest BCUT2D eigenvalue weighted by atomic mass is 16.3. The summed E-state index contributed by atoms with van der Waals surface area (Å²) in [4.78, 5) is 2.58. The van der Waals surface area contributed by atoms with Gasteiger partial charge in [0.15, 0.2) is 0 Å². The summed E-state index contributed by atoms with van der Waals surface area (Å²) in [5.74, 6) is 0.732. The highest BCUT2D eigenvalue weighted by molar-refractivity contribution is 5.06. The third-order valence-electron chi connectivity index (χ3n) is 4.66. The van der Waals surface area contributed by atoms with Crippen LogP contribution in [0.5, 0.6) is 0 Å². The van der Waals surface area contributed by atoms with Crippen LogP contribution < -0.4 is 5.32 Å². The van der Waals surface area contributed by atoms with E-state index in [4.69, 9.17) is 0 Å². The summed E-state index contributed by atoms with van der Waals surface area (Å²) >= 11 is 0. The first-order chi connectivity index (χ1) is 8.32. The summed E-state index contributed by atoms with van der Waals surface area (Å²) in [5.41, 5.74) is 0.0263. The van der Waals surface area contributed by atoms with Gasteiger partial charge >= 0.3 is 0 Å². The molecule has 0 aromatic heterocycles. The summed E-state index contributed by atoms with van der Waals surface area (Å²) in [6.07, 6.45) is 9.33. The molecule has 0 aromatic rings. The van der Waals surface area contributed by atoms with Gasteiger partial charge in [0.1, 0.15) is 0 Å². The average Bonchev–Trinajstić information content (AvgIpc) is 3.22. The highest BCUT2D eigenvalue weighted by Crippen LogP contribution is 2.42. The van der Waals surface area contributed by atoms with E-state index in [2.05, 4.69) is 10.2 Å². The van der Waals surface area contributed by atoms with E-state index in [1.165, 1.54) is 58.0 Å². The number of piperidine rings is 1. The third-order valence-corrected chi connectivity index (χ3v) is 4.66. The van der Waals surface area contributed by atoms with Crippen molar-refractivity contribution >= 4 is 0 Å². The number of aliphatic hydroxyl groups is 1. The number of aliphatic hydroxyl groups excluding tert-OH is 1. The molecule has 1 saturated heterocycles. The lowest BCUT2D eigenvalue weighted by atomic mass is 9.92. The van der Waals surface area contributed by atoms with Crippen LogP contribution in [0, 0.1) is 5.92 Å². The Morgan fingerprint density at radius 2 is 1.76 bits per heavy atom. The average molecular weight is 238 g/mol. The molecule has 3 heteroatoms. The lowest BCUT2D eigenvalue weighted by molar-refractivity contribution is 0.0800. The Bertz CT molecular complexity index is 257. The Balaban J connectivity index is 1.63. The van der Waals surface area contributed by atoms with Crippen LogP contribution in [0.15, 0.2) is 0 Å². The van der Waals surface area contributed by atoms with Crippen LogP contribution in [0.4, 0.5) is 0 Å². The summed E-state index contributed by atoms with van der Waals surface area (Å²) in [7, 11) is 0. The van der Waals surface area contributed by atoms with Crippen molar-refractivity contribution in [1.82, 2.24) is 10.2 Å². The van der Waals surface area contributed by atoms with Crippen LogP contribution in [0.2, 0.25) is 0 Å². The van der Waals surface area contributed by atoms with E-state index in [-0.39, 0.29) is 5.54 Å². The molecule has 3 aliphatic rings. The number of nitrogens with one attached hydrogen (secondary N) is 1. The van der Waals surface area contributed by atoms with Crippen molar-refractivity contribution in [2.45, 2.75) is 56.5 Å². The van der Waals surface area contributed by atoms with E-state index >= 15 is 0 Å². The molecule has 0 bridgehead atoms. The number of nitrogens with zero attached hydrogens (tertiary/aromatic N) is 1. The predicted molar refractivity (Wildman–Crippen MR) is 69.0 cm³/mol. The molecule has 3 fully saturated rings. The fraction of sp³-hybridized carbons (Fsp3) is 1.00. The van der Waals surface area contributed by atoms with Crippen molar-refractivity contribution in [3.05, 3.63) is 0 Å². The molecule has 2 N–H and O–H groups in total. The van der Waals surface area contributed by atoms with E-state index in [1.54, 1.807) is 0 Å². The van der Waals surface area contributed by atoms with Crippen LogP contribution in [-0.4, -0.2) is 47.8 Å². The SMILES string of the molecule is OCC(CN1CCCCC1)(NC1CC1)C1CC1. The predicted octanol–water partition coefficient (Wildman–Crippen LogP) is 1.37. The first-order valence-electron chi connectivity index (χ1n) is 7.43. The van der Waals surface area contributed by atoms with Crippen LogP contribution >= 0.6 is 0 Å². The van der Waals surface area contributed by atoms with Gasteiger partial charge in [0.05, 0.1) is 12.1 Å². The quantitative estimate of drug-likeness (QED) is 0.733. The maximum Gasteiger partial charge on any atom is 0.0628 e. The van der Waals surface area contributed by atoms with E-state index < -0.39 is 0 Å². The summed E-state index contributed by atoms with van der Waals surface area (Å²) in [6, 6.07) is 0.701. The summed E-state index contributed by atoms with van der Waals surface area (Å²) in [6.45, 7) is 3.87. The van der Waals surface area contributed by atoms with Crippen molar-refractivity contribution in [1.29, 1.82) is 0 Å². The molecular weight excluding hydrogens is 212 g/mol. The van der Waals surface area contributed by atoms with E-state index in [1.807, 2.05) is 0 Å². The zero-order valence-corrected chi connectivity index (χ0v) is 10.8. The van der Waals surface area contributed by atoms with Gasteiger partial charge in [-0.2, -0.15) is 0 Å². The molecule has 1 heterocycles. The van der Waals surface area contributed by atoms with Crippen molar-refractivity contribution in [3.63, 3.8) is 0 Å². The molecule has 98 valence electrons. The summed E-state index contributed by atoms with van der Waals surface area (Å²) < 4.78 is 0. The molecule has 1 unspecified atom stereocenters. The van der Waals surface area contributed by atoms with Gasteiger partial charge in [-0.3, -0.25) is 0 Å². The monoisotopic (exact) mass is 238 g/mol. The minimum atomic E-state index is 0.0263. The third kappa shape index (κ3) is 2.83. The lowest BCUT2D eigenvalue weighted by Gasteiger charge is -2.40. The van der Waals surface area contributed by atoms with Gasteiger partial charge < -0.3 is 15.3 Å². The first kappa shape index (κ1) is 11.9. The number of rotatable bonds is 6. The fourth-order valence-electron chi connectivity index (χ4n) is 3.30. The zero-order chi connectivity index (χ0) is 11.7. The Kier molecular flexibility index (Phi) is 3.42. The number of hydrogen-bond acceptors (Lipinski definition) is 3. The largest absolute Gasteiger partial charge is 0.394 e. The zero-order valence-electron chi connectivity index (χ0n) is 10.8. The van der Waals surface area contributed by atoms with Gasteiger partial charge in [-0.25, -0.2) is 0 Å². The second kappa shape index (κ2) is 4.87. The maximum atomic E-state index is 9.91. The highest BCUT2D eigenvalue weighted by Gasteiger charge is 2.48. The van der Waals surface area contributed by atoms with Crippen molar-refractivity contribution < 1.29 is 5.11 Å². The Hall–Kier alpha value is -0.120. The van der Waals surface area contributed by atoms with Crippen LogP contribution in [0.1, 0.15) is 44.9 Å². The molecule has 0 spiro atoms. The second-order valence-corrected chi connectivity index (χ2v) is 6.34. The van der Waals surface area contributed by atoms with Crippen molar-refractivity contribution in [2.75, 3.05) is 26.2 Å². The minimum Gasteiger partial charge on any atom is -0.394 e. The second-order valence-electron chi connectivity index (χ2n) is 6.34. The lowest BCUT2D eigenvalue weighted by Crippen LogP contribution is -2.59. The van der Waals surface area contributed by atoms with Crippen LogP contribution in [-0.2, 0) is 0 Å². The molecule has 0 radical (unpaired) electrons. The Morgan fingerprint density at radius 1 is 1.06 bits per heavy atom. The van der Waals surface area contributed by atoms with Gasteiger partial charge in [-0.05, 0) is 57.5 Å². The molecular formula is C14H26N2O. The first-order valence-corrected chi connectivity index (χ1v) is 7.43. The number of hydrogen-bond donors (Lipinski definition) is 2. The molecule has 3 rings (SSSR count).